The Balaban J connectivity index is 1.27. The van der Waals surface area contributed by atoms with E-state index in [0.29, 0.717) is 5.89 Å². The lowest BCUT2D eigenvalue weighted by molar-refractivity contribution is -0.121. The average molecular weight is 439 g/mol. The molecule has 1 fully saturated rings. The summed E-state index contributed by atoms with van der Waals surface area (Å²) in [5.74, 6) is -0.927. The van der Waals surface area contributed by atoms with Crippen molar-refractivity contribution in [3.05, 3.63) is 71.8 Å². The predicted octanol–water partition coefficient (Wildman–Crippen LogP) is 4.78. The quantitative estimate of drug-likeness (QED) is 0.529. The molecule has 0 radical (unpaired) electrons. The van der Waals surface area contributed by atoms with E-state index >= 15 is 0 Å². The van der Waals surface area contributed by atoms with Crippen molar-refractivity contribution in [3.63, 3.8) is 0 Å². The van der Waals surface area contributed by atoms with Gasteiger partial charge in [0.1, 0.15) is 11.6 Å². The van der Waals surface area contributed by atoms with E-state index in [1.54, 1.807) is 0 Å². The third-order valence-electron chi connectivity index (χ3n) is 5.32. The number of aromatic nitrogens is 1. The van der Waals surface area contributed by atoms with Gasteiger partial charge in [-0.15, -0.1) is 0 Å². The molecule has 2 aromatic carbocycles. The van der Waals surface area contributed by atoms with Crippen LogP contribution in [0.25, 0.3) is 11.3 Å². The minimum absolute atomic E-state index is 0.0518. The second-order valence-electron chi connectivity index (χ2n) is 7.92. The van der Waals surface area contributed by atoms with Crippen molar-refractivity contribution < 1.29 is 22.8 Å². The van der Waals surface area contributed by atoms with Crippen molar-refractivity contribution in [2.24, 2.45) is 5.92 Å². The molecular weight excluding hydrogens is 416 g/mol. The van der Waals surface area contributed by atoms with Crippen molar-refractivity contribution in [1.82, 2.24) is 10.3 Å². The second kappa shape index (κ2) is 9.30. The Morgan fingerprint density at radius 1 is 1.16 bits per heavy atom. The molecule has 0 aliphatic heterocycles. The zero-order valence-electron chi connectivity index (χ0n) is 17.5. The third kappa shape index (κ3) is 5.38. The van der Waals surface area contributed by atoms with Crippen LogP contribution in [0.1, 0.15) is 43.7 Å². The van der Waals surface area contributed by atoms with Gasteiger partial charge in [0.2, 0.25) is 11.8 Å². The number of nitrogens with zero attached hydrogens (tertiary/aromatic N) is 1. The van der Waals surface area contributed by atoms with E-state index in [0.717, 1.165) is 36.2 Å². The number of amides is 2. The van der Waals surface area contributed by atoms with E-state index in [1.807, 2.05) is 31.2 Å². The van der Waals surface area contributed by atoms with Gasteiger partial charge in [0, 0.05) is 30.5 Å². The third-order valence-corrected chi connectivity index (χ3v) is 5.32. The molecule has 1 heterocycles. The summed E-state index contributed by atoms with van der Waals surface area (Å²) in [4.78, 5) is 28.2. The Labute approximate surface area is 184 Å². The molecule has 8 heteroatoms. The largest absolute Gasteiger partial charge is 0.441 e. The standard InChI is InChI=1S/C24H23F2N3O3/c1-14(15-4-7-18(8-5-15)29-24(31)16-2-3-16)28-22(30)10-11-23-27-13-21(32-23)19-9-6-17(25)12-20(19)26/h4-9,12-14,16H,2-3,10-11H2,1H3,(H,28,30)(H,29,31). The minimum Gasteiger partial charge on any atom is -0.441 e. The van der Waals surface area contributed by atoms with Crippen LogP contribution in [0.3, 0.4) is 0 Å². The van der Waals surface area contributed by atoms with Crippen LogP contribution in [0.4, 0.5) is 14.5 Å². The number of aryl methyl sites for hydroxylation is 1. The van der Waals surface area contributed by atoms with E-state index in [4.69, 9.17) is 4.42 Å². The lowest BCUT2D eigenvalue weighted by Crippen LogP contribution is -2.26. The Morgan fingerprint density at radius 3 is 2.59 bits per heavy atom. The first-order valence-corrected chi connectivity index (χ1v) is 10.5. The monoisotopic (exact) mass is 439 g/mol. The number of carbonyl (C=O) groups excluding carboxylic acids is 2. The zero-order chi connectivity index (χ0) is 22.7. The molecule has 6 nitrogen and oxygen atoms in total. The number of halogens is 2. The predicted molar refractivity (Wildman–Crippen MR) is 115 cm³/mol. The van der Waals surface area contributed by atoms with Crippen LogP contribution in [0.5, 0.6) is 0 Å². The van der Waals surface area contributed by atoms with E-state index in [-0.39, 0.29) is 47.9 Å². The molecule has 1 aromatic heterocycles. The van der Waals surface area contributed by atoms with Gasteiger partial charge in [-0.3, -0.25) is 9.59 Å². The van der Waals surface area contributed by atoms with Crippen molar-refractivity contribution in [2.75, 3.05) is 5.32 Å². The molecule has 0 bridgehead atoms. The molecule has 1 unspecified atom stereocenters. The summed E-state index contributed by atoms with van der Waals surface area (Å²) in [7, 11) is 0. The van der Waals surface area contributed by atoms with Gasteiger partial charge < -0.3 is 15.1 Å². The van der Waals surface area contributed by atoms with Crippen molar-refractivity contribution in [3.8, 4) is 11.3 Å². The zero-order valence-corrected chi connectivity index (χ0v) is 17.5. The summed E-state index contributed by atoms with van der Waals surface area (Å²) in [6.45, 7) is 1.87. The number of rotatable bonds is 8. The number of anilines is 1. The minimum atomic E-state index is -0.739. The fourth-order valence-electron chi connectivity index (χ4n) is 3.30. The molecule has 1 saturated carbocycles. The smallest absolute Gasteiger partial charge is 0.227 e. The molecule has 32 heavy (non-hydrogen) atoms. The summed E-state index contributed by atoms with van der Waals surface area (Å²) in [5.41, 5.74) is 1.76. The number of carbonyl (C=O) groups is 2. The molecule has 0 saturated heterocycles. The van der Waals surface area contributed by atoms with Gasteiger partial charge in [-0.1, -0.05) is 12.1 Å². The van der Waals surface area contributed by atoms with E-state index in [2.05, 4.69) is 15.6 Å². The molecular formula is C24H23F2N3O3. The highest BCUT2D eigenvalue weighted by Crippen LogP contribution is 2.30. The molecule has 2 N–H and O–H groups in total. The maximum Gasteiger partial charge on any atom is 0.227 e. The lowest BCUT2D eigenvalue weighted by Gasteiger charge is -2.15. The Kier molecular flexibility index (Phi) is 6.30. The number of benzene rings is 2. The van der Waals surface area contributed by atoms with E-state index in [1.165, 1.54) is 12.3 Å². The molecule has 3 aromatic rings. The lowest BCUT2D eigenvalue weighted by atomic mass is 10.1. The maximum absolute atomic E-state index is 13.9. The van der Waals surface area contributed by atoms with Gasteiger partial charge in [-0.05, 0) is 49.6 Å². The molecule has 1 aliphatic rings. The summed E-state index contributed by atoms with van der Waals surface area (Å²) in [6.07, 6.45) is 3.64. The molecule has 166 valence electrons. The Morgan fingerprint density at radius 2 is 1.91 bits per heavy atom. The first-order valence-electron chi connectivity index (χ1n) is 10.5. The summed E-state index contributed by atoms with van der Waals surface area (Å²) >= 11 is 0. The molecule has 2 amide bonds. The molecule has 1 aliphatic carbocycles. The highest BCUT2D eigenvalue weighted by molar-refractivity contribution is 5.94. The van der Waals surface area contributed by atoms with E-state index < -0.39 is 11.6 Å². The first-order chi connectivity index (χ1) is 15.4. The SMILES string of the molecule is CC(NC(=O)CCc1ncc(-c2ccc(F)cc2F)o1)c1ccc(NC(=O)C2CC2)cc1. The Bertz CT molecular complexity index is 1120. The van der Waals surface area contributed by atoms with Crippen LogP contribution in [0.2, 0.25) is 0 Å². The first kappa shape index (κ1) is 21.7. The van der Waals surface area contributed by atoms with Crippen LogP contribution in [0.15, 0.2) is 53.1 Å². The molecule has 1 atom stereocenters. The number of hydrogen-bond acceptors (Lipinski definition) is 4. The summed E-state index contributed by atoms with van der Waals surface area (Å²) in [6, 6.07) is 10.4. The fourth-order valence-corrected chi connectivity index (χ4v) is 3.30. The van der Waals surface area contributed by atoms with Gasteiger partial charge in [0.05, 0.1) is 17.8 Å². The number of hydrogen-bond donors (Lipinski definition) is 2. The normalized spacial score (nSPS) is 14.1. The van der Waals surface area contributed by atoms with Gasteiger partial charge in [-0.25, -0.2) is 13.8 Å². The average Bonchev–Trinajstić information content (AvgIpc) is 3.52. The van der Waals surface area contributed by atoms with Crippen LogP contribution in [-0.4, -0.2) is 16.8 Å². The number of oxazole rings is 1. The molecule has 4 rings (SSSR count). The van der Waals surface area contributed by atoms with Crippen LogP contribution in [-0.2, 0) is 16.0 Å². The fraction of sp³-hybridized carbons (Fsp3) is 0.292. The van der Waals surface area contributed by atoms with Crippen LogP contribution >= 0.6 is 0 Å². The van der Waals surface area contributed by atoms with Gasteiger partial charge >= 0.3 is 0 Å². The van der Waals surface area contributed by atoms with Crippen LogP contribution in [0, 0.1) is 17.6 Å². The highest BCUT2D eigenvalue weighted by Gasteiger charge is 2.29. The summed E-state index contributed by atoms with van der Waals surface area (Å²) < 4.78 is 32.4. The van der Waals surface area contributed by atoms with Crippen molar-refractivity contribution in [2.45, 2.75) is 38.6 Å². The van der Waals surface area contributed by atoms with Crippen molar-refractivity contribution >= 4 is 17.5 Å². The van der Waals surface area contributed by atoms with Gasteiger partial charge in [0.25, 0.3) is 0 Å². The van der Waals surface area contributed by atoms with Crippen LogP contribution < -0.4 is 10.6 Å². The van der Waals surface area contributed by atoms with E-state index in [9.17, 15) is 18.4 Å². The second-order valence-corrected chi connectivity index (χ2v) is 7.92. The van der Waals surface area contributed by atoms with Gasteiger partial charge in [0.15, 0.2) is 11.7 Å². The number of nitrogens with one attached hydrogen (secondary N) is 2. The maximum atomic E-state index is 13.9. The Hall–Kier alpha value is -3.55. The van der Waals surface area contributed by atoms with Crippen molar-refractivity contribution in [1.29, 1.82) is 0 Å². The topological polar surface area (TPSA) is 84.2 Å². The summed E-state index contributed by atoms with van der Waals surface area (Å²) in [5, 5.41) is 5.79. The van der Waals surface area contributed by atoms with Gasteiger partial charge in [-0.2, -0.15) is 0 Å². The highest BCUT2D eigenvalue weighted by atomic mass is 19.1. The molecule has 0 spiro atoms.